The molecule has 0 nitrogen and oxygen atoms in total. The first-order valence-corrected chi connectivity index (χ1v) is 8.28. The summed E-state index contributed by atoms with van der Waals surface area (Å²) in [6.07, 6.45) is 0.698. The largest absolute Gasteiger partial charge is 0.248 e. The van der Waals surface area contributed by atoms with Crippen molar-refractivity contribution in [3.8, 4) is 0 Å². The van der Waals surface area contributed by atoms with Crippen LogP contribution in [0.15, 0.2) is 0 Å². The first-order chi connectivity index (χ1) is 5.33. The van der Waals surface area contributed by atoms with E-state index in [9.17, 15) is 8.78 Å². The molecule has 3 heteroatoms. The molecule has 0 aromatic rings. The average Bonchev–Trinajstić information content (AvgIpc) is 1.99. The van der Waals surface area contributed by atoms with Gasteiger partial charge in [0.2, 0.25) is 0 Å². The Morgan fingerprint density at radius 2 is 1.75 bits per heavy atom. The summed E-state index contributed by atoms with van der Waals surface area (Å²) in [5.74, 6) is 0. The molecule has 0 bridgehead atoms. The van der Waals surface area contributed by atoms with Crippen molar-refractivity contribution >= 4 is 8.07 Å². The zero-order valence-electron chi connectivity index (χ0n) is 8.58. The van der Waals surface area contributed by atoms with Crippen LogP contribution < -0.4 is 0 Å². The average molecular weight is 194 g/mol. The van der Waals surface area contributed by atoms with E-state index in [4.69, 9.17) is 0 Å². The van der Waals surface area contributed by atoms with Gasteiger partial charge in [0.1, 0.15) is 12.3 Å². The van der Waals surface area contributed by atoms with Gasteiger partial charge in [0.05, 0.1) is 0 Å². The molecule has 1 atom stereocenters. The highest BCUT2D eigenvalue weighted by molar-refractivity contribution is 6.76. The Balaban J connectivity index is 3.89. The third-order valence-electron chi connectivity index (χ3n) is 2.20. The van der Waals surface area contributed by atoms with Crippen molar-refractivity contribution in [2.75, 3.05) is 6.67 Å². The topological polar surface area (TPSA) is 0 Å². The van der Waals surface area contributed by atoms with E-state index in [-0.39, 0.29) is 0 Å². The van der Waals surface area contributed by atoms with Crippen molar-refractivity contribution in [1.29, 1.82) is 0 Å². The first-order valence-electron chi connectivity index (χ1n) is 4.58. The quantitative estimate of drug-likeness (QED) is 0.584. The van der Waals surface area contributed by atoms with Crippen molar-refractivity contribution in [2.45, 2.75) is 51.1 Å². The fourth-order valence-corrected chi connectivity index (χ4v) is 2.14. The van der Waals surface area contributed by atoms with Gasteiger partial charge >= 0.3 is 0 Å². The van der Waals surface area contributed by atoms with Crippen LogP contribution >= 0.6 is 0 Å². The smallest absolute Gasteiger partial charge is 0.138 e. The molecule has 0 aliphatic rings. The van der Waals surface area contributed by atoms with Crippen LogP contribution in [0.2, 0.25) is 25.7 Å². The fourth-order valence-electron chi connectivity index (χ4n) is 0.937. The molecule has 1 unspecified atom stereocenters. The van der Waals surface area contributed by atoms with Crippen molar-refractivity contribution in [3.05, 3.63) is 0 Å². The van der Waals surface area contributed by atoms with Crippen LogP contribution in [0.1, 0.15) is 19.8 Å². The predicted molar refractivity (Wildman–Crippen MR) is 52.9 cm³/mol. The number of halogens is 2. The molecule has 0 saturated carbocycles. The second-order valence-electron chi connectivity index (χ2n) is 4.70. The Hall–Kier alpha value is 0.0769. The lowest BCUT2D eigenvalue weighted by Crippen LogP contribution is -2.29. The SMILES string of the molecule is CCC(F)(CF)CC[Si](C)(C)C. The van der Waals surface area contributed by atoms with Crippen LogP contribution in [0.25, 0.3) is 0 Å². The summed E-state index contributed by atoms with van der Waals surface area (Å²) in [6.45, 7) is 7.43. The maximum Gasteiger partial charge on any atom is 0.138 e. The maximum atomic E-state index is 13.4. The molecule has 0 aliphatic carbocycles. The van der Waals surface area contributed by atoms with E-state index in [0.717, 1.165) is 6.04 Å². The minimum absolute atomic E-state index is 0.300. The summed E-state index contributed by atoms with van der Waals surface area (Å²) in [4.78, 5) is 0. The van der Waals surface area contributed by atoms with Crippen LogP contribution in [-0.2, 0) is 0 Å². The van der Waals surface area contributed by atoms with E-state index < -0.39 is 20.4 Å². The standard InChI is InChI=1S/C9H20F2Si/c1-5-9(11,8-10)6-7-12(2,3)4/h5-8H2,1-4H3. The summed E-state index contributed by atoms with van der Waals surface area (Å²) < 4.78 is 25.7. The summed E-state index contributed by atoms with van der Waals surface area (Å²) >= 11 is 0. The van der Waals surface area contributed by atoms with Gasteiger partial charge in [-0.25, -0.2) is 8.78 Å². The van der Waals surface area contributed by atoms with Crippen molar-refractivity contribution in [2.24, 2.45) is 0 Å². The van der Waals surface area contributed by atoms with Crippen molar-refractivity contribution in [3.63, 3.8) is 0 Å². The molecule has 0 aromatic carbocycles. The Morgan fingerprint density at radius 1 is 1.25 bits per heavy atom. The molecule has 0 fully saturated rings. The normalized spacial score (nSPS) is 17.5. The zero-order valence-corrected chi connectivity index (χ0v) is 9.58. The molecule has 0 aromatic heterocycles. The molecule has 0 spiro atoms. The number of alkyl halides is 2. The van der Waals surface area contributed by atoms with Crippen molar-refractivity contribution in [1.82, 2.24) is 0 Å². The molecule has 0 N–H and O–H groups in total. The van der Waals surface area contributed by atoms with E-state index in [1.807, 2.05) is 0 Å². The minimum Gasteiger partial charge on any atom is -0.248 e. The third-order valence-corrected chi connectivity index (χ3v) is 3.95. The van der Waals surface area contributed by atoms with E-state index in [1.54, 1.807) is 6.92 Å². The Bertz CT molecular complexity index is 125. The number of hydrogen-bond acceptors (Lipinski definition) is 0. The lowest BCUT2D eigenvalue weighted by Gasteiger charge is -2.24. The van der Waals surface area contributed by atoms with Gasteiger partial charge in [0.15, 0.2) is 0 Å². The molecule has 0 heterocycles. The van der Waals surface area contributed by atoms with Gasteiger partial charge in [-0.05, 0) is 12.8 Å². The molecule has 0 amide bonds. The lowest BCUT2D eigenvalue weighted by molar-refractivity contribution is 0.110. The summed E-state index contributed by atoms with van der Waals surface area (Å²) in [5.41, 5.74) is -1.54. The lowest BCUT2D eigenvalue weighted by atomic mass is 10.0. The van der Waals surface area contributed by atoms with Crippen molar-refractivity contribution < 1.29 is 8.78 Å². The minimum atomic E-state index is -1.54. The van der Waals surface area contributed by atoms with Crippen LogP contribution in [0.4, 0.5) is 8.78 Å². The van der Waals surface area contributed by atoms with E-state index in [1.165, 1.54) is 0 Å². The summed E-state index contributed by atoms with van der Waals surface area (Å²) in [6, 6.07) is 0.876. The predicted octanol–water partition coefficient (Wildman–Crippen LogP) is 3.80. The van der Waals surface area contributed by atoms with Gasteiger partial charge < -0.3 is 0 Å². The molecule has 0 saturated heterocycles. The molecule has 0 rings (SSSR count). The molecule has 0 radical (unpaired) electrons. The molecular formula is C9H20F2Si. The maximum absolute atomic E-state index is 13.4. The molecule has 12 heavy (non-hydrogen) atoms. The molecular weight excluding hydrogens is 174 g/mol. The highest BCUT2D eigenvalue weighted by Crippen LogP contribution is 2.26. The fraction of sp³-hybridized carbons (Fsp3) is 1.00. The third kappa shape index (κ3) is 4.86. The van der Waals surface area contributed by atoms with Gasteiger partial charge in [-0.3, -0.25) is 0 Å². The van der Waals surface area contributed by atoms with Crippen LogP contribution in [0.3, 0.4) is 0 Å². The second-order valence-corrected chi connectivity index (χ2v) is 10.3. The van der Waals surface area contributed by atoms with E-state index in [0.29, 0.717) is 12.8 Å². The van der Waals surface area contributed by atoms with E-state index in [2.05, 4.69) is 19.6 Å². The van der Waals surface area contributed by atoms with Crippen LogP contribution in [-0.4, -0.2) is 20.4 Å². The zero-order chi connectivity index (χ0) is 9.83. The van der Waals surface area contributed by atoms with Gasteiger partial charge in [0.25, 0.3) is 0 Å². The Kier molecular flexibility index (Phi) is 4.38. The van der Waals surface area contributed by atoms with Gasteiger partial charge in [0, 0.05) is 8.07 Å². The van der Waals surface area contributed by atoms with Gasteiger partial charge in [-0.2, -0.15) is 0 Å². The highest BCUT2D eigenvalue weighted by Gasteiger charge is 2.29. The van der Waals surface area contributed by atoms with Gasteiger partial charge in [-0.15, -0.1) is 0 Å². The summed E-state index contributed by atoms with van der Waals surface area (Å²) in [7, 11) is -1.21. The Morgan fingerprint density at radius 3 is 2.00 bits per heavy atom. The molecule has 0 aliphatic heterocycles. The first kappa shape index (κ1) is 12.1. The van der Waals surface area contributed by atoms with Crippen LogP contribution in [0, 0.1) is 0 Å². The van der Waals surface area contributed by atoms with Gasteiger partial charge in [-0.1, -0.05) is 32.6 Å². The monoisotopic (exact) mass is 194 g/mol. The Labute approximate surface area is 75.4 Å². The van der Waals surface area contributed by atoms with Crippen LogP contribution in [0.5, 0.6) is 0 Å². The second kappa shape index (κ2) is 4.35. The van der Waals surface area contributed by atoms with E-state index >= 15 is 0 Å². The highest BCUT2D eigenvalue weighted by atomic mass is 28.3. The number of rotatable bonds is 5. The molecule has 74 valence electrons. The number of hydrogen-bond donors (Lipinski definition) is 0. The summed E-state index contributed by atoms with van der Waals surface area (Å²) in [5, 5.41) is 0.